The minimum atomic E-state index is 0.127. The number of benzene rings is 1. The number of hydrogen-bond donors (Lipinski definition) is 1. The molecule has 0 aromatic heterocycles. The monoisotopic (exact) mass is 269 g/mol. The number of aromatic hydroxyl groups is 1. The predicted molar refractivity (Wildman–Crippen MR) is 62.5 cm³/mol. The fraction of sp³-hybridized carbons (Fsp3) is 0.364. The summed E-state index contributed by atoms with van der Waals surface area (Å²) in [6.07, 6.45) is 0.542. The number of carbonyl (C=O) groups excluding carboxylic acids is 1. The SMILES string of the molecule is Cc1cc(N2CC(Br)CC2=O)ccc1O. The molecule has 1 aromatic carbocycles. The first-order chi connectivity index (χ1) is 7.08. The van der Waals surface area contributed by atoms with Crippen molar-refractivity contribution in [2.24, 2.45) is 0 Å². The van der Waals surface area contributed by atoms with Gasteiger partial charge < -0.3 is 10.0 Å². The van der Waals surface area contributed by atoms with E-state index in [1.807, 2.05) is 13.0 Å². The van der Waals surface area contributed by atoms with Crippen molar-refractivity contribution in [2.45, 2.75) is 18.2 Å². The molecule has 1 N–H and O–H groups in total. The summed E-state index contributed by atoms with van der Waals surface area (Å²) in [6.45, 7) is 2.52. The highest BCUT2D eigenvalue weighted by Crippen LogP contribution is 2.28. The van der Waals surface area contributed by atoms with Gasteiger partial charge >= 0.3 is 0 Å². The molecule has 15 heavy (non-hydrogen) atoms. The molecule has 1 aliphatic rings. The van der Waals surface area contributed by atoms with Crippen molar-refractivity contribution in [1.82, 2.24) is 0 Å². The molecule has 80 valence electrons. The van der Waals surface area contributed by atoms with E-state index < -0.39 is 0 Å². The lowest BCUT2D eigenvalue weighted by Crippen LogP contribution is -2.24. The van der Waals surface area contributed by atoms with Gasteiger partial charge in [0.2, 0.25) is 5.91 Å². The summed E-state index contributed by atoms with van der Waals surface area (Å²) in [6, 6.07) is 5.23. The van der Waals surface area contributed by atoms with Crippen LogP contribution in [0.15, 0.2) is 18.2 Å². The zero-order chi connectivity index (χ0) is 11.0. The molecule has 0 aliphatic carbocycles. The minimum Gasteiger partial charge on any atom is -0.508 e. The Balaban J connectivity index is 2.30. The third kappa shape index (κ3) is 2.00. The van der Waals surface area contributed by atoms with Crippen molar-refractivity contribution in [3.8, 4) is 5.75 Å². The van der Waals surface area contributed by atoms with E-state index in [-0.39, 0.29) is 16.5 Å². The van der Waals surface area contributed by atoms with Crippen molar-refractivity contribution in [3.63, 3.8) is 0 Å². The highest BCUT2D eigenvalue weighted by Gasteiger charge is 2.28. The van der Waals surface area contributed by atoms with Gasteiger partial charge in [0.05, 0.1) is 0 Å². The molecule has 1 amide bonds. The molecular weight excluding hydrogens is 258 g/mol. The Labute approximate surface area is 96.8 Å². The van der Waals surface area contributed by atoms with Crippen molar-refractivity contribution < 1.29 is 9.90 Å². The van der Waals surface area contributed by atoms with Gasteiger partial charge in [-0.3, -0.25) is 4.79 Å². The molecule has 4 heteroatoms. The zero-order valence-electron chi connectivity index (χ0n) is 8.40. The number of nitrogens with zero attached hydrogens (tertiary/aromatic N) is 1. The van der Waals surface area contributed by atoms with E-state index in [9.17, 15) is 9.90 Å². The Morgan fingerprint density at radius 2 is 2.27 bits per heavy atom. The Hall–Kier alpha value is -1.03. The average molecular weight is 270 g/mol. The molecule has 1 unspecified atom stereocenters. The van der Waals surface area contributed by atoms with Crippen LogP contribution in [0.2, 0.25) is 0 Å². The molecule has 0 radical (unpaired) electrons. The second kappa shape index (κ2) is 3.85. The van der Waals surface area contributed by atoms with Gasteiger partial charge in [0, 0.05) is 23.5 Å². The quantitative estimate of drug-likeness (QED) is 0.795. The number of phenols is 1. The molecule has 3 nitrogen and oxygen atoms in total. The molecule has 1 atom stereocenters. The maximum atomic E-state index is 11.6. The third-order valence-corrected chi connectivity index (χ3v) is 3.18. The maximum Gasteiger partial charge on any atom is 0.228 e. The van der Waals surface area contributed by atoms with Crippen LogP contribution in [-0.4, -0.2) is 22.4 Å². The minimum absolute atomic E-state index is 0.127. The normalized spacial score (nSPS) is 21.1. The highest BCUT2D eigenvalue weighted by atomic mass is 79.9. The van der Waals surface area contributed by atoms with Gasteiger partial charge in [-0.15, -0.1) is 0 Å². The van der Waals surface area contributed by atoms with Gasteiger partial charge in [-0.25, -0.2) is 0 Å². The topological polar surface area (TPSA) is 40.5 Å². The van der Waals surface area contributed by atoms with E-state index in [0.717, 1.165) is 11.3 Å². The highest BCUT2D eigenvalue weighted by molar-refractivity contribution is 9.09. The molecule has 1 heterocycles. The number of anilines is 1. The van der Waals surface area contributed by atoms with Crippen LogP contribution < -0.4 is 4.90 Å². The van der Waals surface area contributed by atoms with E-state index in [1.165, 1.54) is 0 Å². The molecule has 2 rings (SSSR count). The average Bonchev–Trinajstić information content (AvgIpc) is 2.50. The van der Waals surface area contributed by atoms with Crippen LogP contribution in [0.1, 0.15) is 12.0 Å². The van der Waals surface area contributed by atoms with Crippen LogP contribution >= 0.6 is 15.9 Å². The number of alkyl halides is 1. The zero-order valence-corrected chi connectivity index (χ0v) is 9.99. The number of amides is 1. The number of halogens is 1. The molecule has 0 bridgehead atoms. The van der Waals surface area contributed by atoms with Crippen molar-refractivity contribution >= 4 is 27.5 Å². The second-order valence-corrected chi connectivity index (χ2v) is 5.07. The molecule has 0 saturated carbocycles. The maximum absolute atomic E-state index is 11.6. The lowest BCUT2D eigenvalue weighted by atomic mass is 10.2. The van der Waals surface area contributed by atoms with Crippen molar-refractivity contribution in [3.05, 3.63) is 23.8 Å². The molecular formula is C11H12BrNO2. The van der Waals surface area contributed by atoms with Gasteiger partial charge in [0.25, 0.3) is 0 Å². The first-order valence-electron chi connectivity index (χ1n) is 4.82. The fourth-order valence-electron chi connectivity index (χ4n) is 1.72. The Kier molecular flexibility index (Phi) is 2.69. The number of aryl methyl sites for hydroxylation is 1. The second-order valence-electron chi connectivity index (χ2n) is 3.78. The summed E-state index contributed by atoms with van der Waals surface area (Å²) in [5.41, 5.74) is 1.65. The summed E-state index contributed by atoms with van der Waals surface area (Å²) in [5.74, 6) is 0.391. The largest absolute Gasteiger partial charge is 0.508 e. The van der Waals surface area contributed by atoms with Crippen LogP contribution in [-0.2, 0) is 4.79 Å². The van der Waals surface area contributed by atoms with Crippen molar-refractivity contribution in [2.75, 3.05) is 11.4 Å². The summed E-state index contributed by atoms with van der Waals surface area (Å²) < 4.78 is 0. The van der Waals surface area contributed by atoms with Crippen LogP contribution in [0.5, 0.6) is 5.75 Å². The van der Waals surface area contributed by atoms with Crippen LogP contribution in [0.3, 0.4) is 0 Å². The number of carbonyl (C=O) groups is 1. The lowest BCUT2D eigenvalue weighted by molar-refractivity contribution is -0.117. The van der Waals surface area contributed by atoms with E-state index in [0.29, 0.717) is 13.0 Å². The van der Waals surface area contributed by atoms with Crippen LogP contribution in [0.4, 0.5) is 5.69 Å². The van der Waals surface area contributed by atoms with Gasteiger partial charge in [0.1, 0.15) is 5.75 Å². The molecule has 1 fully saturated rings. The van der Waals surface area contributed by atoms with Gasteiger partial charge in [-0.1, -0.05) is 15.9 Å². The fourth-order valence-corrected chi connectivity index (χ4v) is 2.29. The van der Waals surface area contributed by atoms with Crippen molar-refractivity contribution in [1.29, 1.82) is 0 Å². The summed E-state index contributed by atoms with van der Waals surface area (Å²) in [7, 11) is 0. The number of rotatable bonds is 1. The number of hydrogen-bond acceptors (Lipinski definition) is 2. The number of phenolic OH excluding ortho intramolecular Hbond substituents is 1. The summed E-state index contributed by atoms with van der Waals surface area (Å²) in [5, 5.41) is 9.39. The molecule has 1 aromatic rings. The Morgan fingerprint density at radius 1 is 1.53 bits per heavy atom. The molecule has 1 aliphatic heterocycles. The Bertz CT molecular complexity index is 406. The van der Waals surface area contributed by atoms with E-state index in [1.54, 1.807) is 17.0 Å². The lowest BCUT2D eigenvalue weighted by Gasteiger charge is -2.16. The smallest absolute Gasteiger partial charge is 0.228 e. The predicted octanol–water partition coefficient (Wildman–Crippen LogP) is 2.20. The first-order valence-corrected chi connectivity index (χ1v) is 5.73. The van der Waals surface area contributed by atoms with E-state index in [2.05, 4.69) is 15.9 Å². The van der Waals surface area contributed by atoms with E-state index in [4.69, 9.17) is 0 Å². The Morgan fingerprint density at radius 3 is 2.80 bits per heavy atom. The first kappa shape index (κ1) is 10.5. The summed E-state index contributed by atoms with van der Waals surface area (Å²) in [4.78, 5) is 13.6. The third-order valence-electron chi connectivity index (χ3n) is 2.57. The van der Waals surface area contributed by atoms with Gasteiger partial charge in [-0.05, 0) is 30.7 Å². The summed E-state index contributed by atoms with van der Waals surface area (Å²) >= 11 is 3.44. The van der Waals surface area contributed by atoms with Crippen LogP contribution in [0, 0.1) is 6.92 Å². The van der Waals surface area contributed by atoms with Crippen LogP contribution in [0.25, 0.3) is 0 Å². The molecule has 0 spiro atoms. The molecule has 1 saturated heterocycles. The van der Waals surface area contributed by atoms with E-state index >= 15 is 0 Å². The van der Waals surface area contributed by atoms with Gasteiger partial charge in [0.15, 0.2) is 0 Å². The standard InChI is InChI=1S/C11H12BrNO2/c1-7-4-9(2-3-10(7)14)13-6-8(12)5-11(13)15/h2-4,8,14H,5-6H2,1H3. The van der Waals surface area contributed by atoms with Gasteiger partial charge in [-0.2, -0.15) is 0 Å².